The summed E-state index contributed by atoms with van der Waals surface area (Å²) in [5.74, 6) is 0.792. The summed E-state index contributed by atoms with van der Waals surface area (Å²) in [6.45, 7) is 2.92. The molecule has 0 atom stereocenters. The number of hydrogen-bond donors (Lipinski definition) is 1. The molecule has 3 nitrogen and oxygen atoms in total. The van der Waals surface area contributed by atoms with E-state index in [1.54, 1.807) is 0 Å². The number of benzene rings is 1. The summed E-state index contributed by atoms with van der Waals surface area (Å²) in [5.41, 5.74) is 3.41. The SMILES string of the molecule is CCc1ccc(-c2nccc(CNC)n2)cc1. The van der Waals surface area contributed by atoms with Gasteiger partial charge in [-0.25, -0.2) is 9.97 Å². The first kappa shape index (κ1) is 11.7. The second-order valence-corrected chi connectivity index (χ2v) is 3.95. The third kappa shape index (κ3) is 2.88. The van der Waals surface area contributed by atoms with Crippen molar-refractivity contribution in [1.29, 1.82) is 0 Å². The second kappa shape index (κ2) is 5.55. The van der Waals surface area contributed by atoms with E-state index in [4.69, 9.17) is 0 Å². The van der Waals surface area contributed by atoms with Gasteiger partial charge in [0.2, 0.25) is 0 Å². The van der Waals surface area contributed by atoms with Crippen LogP contribution in [0.25, 0.3) is 11.4 Å². The molecule has 0 aliphatic carbocycles. The average Bonchev–Trinajstić information content (AvgIpc) is 2.40. The number of hydrogen-bond acceptors (Lipinski definition) is 3. The predicted molar refractivity (Wildman–Crippen MR) is 69.6 cm³/mol. The molecule has 0 fully saturated rings. The highest BCUT2D eigenvalue weighted by atomic mass is 14.9. The Morgan fingerprint density at radius 3 is 2.53 bits per heavy atom. The molecule has 0 saturated heterocycles. The Balaban J connectivity index is 2.28. The number of nitrogens with one attached hydrogen (secondary N) is 1. The first-order valence-corrected chi connectivity index (χ1v) is 5.89. The molecule has 0 aliphatic heterocycles. The van der Waals surface area contributed by atoms with Crippen LogP contribution >= 0.6 is 0 Å². The van der Waals surface area contributed by atoms with Crippen molar-refractivity contribution in [2.75, 3.05) is 7.05 Å². The van der Waals surface area contributed by atoms with Gasteiger partial charge < -0.3 is 5.32 Å². The molecule has 0 bridgehead atoms. The van der Waals surface area contributed by atoms with E-state index in [1.807, 2.05) is 19.3 Å². The maximum absolute atomic E-state index is 4.51. The monoisotopic (exact) mass is 227 g/mol. The fourth-order valence-corrected chi connectivity index (χ4v) is 1.70. The molecule has 0 aliphatic rings. The van der Waals surface area contributed by atoms with E-state index in [1.165, 1.54) is 5.56 Å². The van der Waals surface area contributed by atoms with Gasteiger partial charge in [0.25, 0.3) is 0 Å². The Bertz CT molecular complexity index is 477. The van der Waals surface area contributed by atoms with Gasteiger partial charge in [0.05, 0.1) is 5.69 Å². The van der Waals surface area contributed by atoms with Gasteiger partial charge in [0, 0.05) is 18.3 Å². The van der Waals surface area contributed by atoms with E-state index in [0.29, 0.717) is 0 Å². The molecule has 88 valence electrons. The Morgan fingerprint density at radius 2 is 1.88 bits per heavy atom. The van der Waals surface area contributed by atoms with Crippen molar-refractivity contribution in [3.05, 3.63) is 47.8 Å². The molecule has 0 unspecified atom stereocenters. The van der Waals surface area contributed by atoms with Gasteiger partial charge >= 0.3 is 0 Å². The van der Waals surface area contributed by atoms with E-state index in [0.717, 1.165) is 30.0 Å². The minimum absolute atomic E-state index is 0.766. The van der Waals surface area contributed by atoms with Crippen LogP contribution in [0.3, 0.4) is 0 Å². The lowest BCUT2D eigenvalue weighted by Gasteiger charge is -2.04. The summed E-state index contributed by atoms with van der Waals surface area (Å²) in [4.78, 5) is 8.82. The Hall–Kier alpha value is -1.74. The molecule has 0 amide bonds. The highest BCUT2D eigenvalue weighted by Gasteiger charge is 2.02. The molecule has 17 heavy (non-hydrogen) atoms. The summed E-state index contributed by atoms with van der Waals surface area (Å²) < 4.78 is 0. The molecule has 2 aromatic rings. The predicted octanol–water partition coefficient (Wildman–Crippen LogP) is 2.43. The van der Waals surface area contributed by atoms with Crippen molar-refractivity contribution in [1.82, 2.24) is 15.3 Å². The van der Waals surface area contributed by atoms with Gasteiger partial charge in [0.15, 0.2) is 5.82 Å². The number of rotatable bonds is 4. The molecule has 1 N–H and O–H groups in total. The van der Waals surface area contributed by atoms with E-state index in [9.17, 15) is 0 Å². The second-order valence-electron chi connectivity index (χ2n) is 3.95. The fourth-order valence-electron chi connectivity index (χ4n) is 1.70. The molecule has 0 saturated carbocycles. The van der Waals surface area contributed by atoms with Crippen LogP contribution in [0.1, 0.15) is 18.2 Å². The van der Waals surface area contributed by atoms with E-state index >= 15 is 0 Å². The van der Waals surface area contributed by atoms with Crippen molar-refractivity contribution >= 4 is 0 Å². The first-order valence-electron chi connectivity index (χ1n) is 5.89. The van der Waals surface area contributed by atoms with Gasteiger partial charge in [-0.15, -0.1) is 0 Å². The highest BCUT2D eigenvalue weighted by molar-refractivity contribution is 5.55. The van der Waals surface area contributed by atoms with Crippen LogP contribution in [0.5, 0.6) is 0 Å². The van der Waals surface area contributed by atoms with Gasteiger partial charge in [-0.05, 0) is 25.1 Å². The minimum atomic E-state index is 0.766. The van der Waals surface area contributed by atoms with Crippen LogP contribution in [0.4, 0.5) is 0 Å². The van der Waals surface area contributed by atoms with Crippen LogP contribution in [0, 0.1) is 0 Å². The molecule has 0 spiro atoms. The first-order chi connectivity index (χ1) is 8.33. The lowest BCUT2D eigenvalue weighted by molar-refractivity contribution is 0.788. The van der Waals surface area contributed by atoms with Crippen LogP contribution in [0.15, 0.2) is 36.5 Å². The summed E-state index contributed by atoms with van der Waals surface area (Å²) in [6.07, 6.45) is 2.86. The summed E-state index contributed by atoms with van der Waals surface area (Å²) >= 11 is 0. The fraction of sp³-hybridized carbons (Fsp3) is 0.286. The molecule has 1 heterocycles. The molecule has 1 aromatic heterocycles. The van der Waals surface area contributed by atoms with Crippen molar-refractivity contribution in [2.45, 2.75) is 19.9 Å². The normalized spacial score (nSPS) is 10.5. The smallest absolute Gasteiger partial charge is 0.159 e. The summed E-state index contributed by atoms with van der Waals surface area (Å²) in [7, 11) is 1.91. The van der Waals surface area contributed by atoms with Crippen LogP contribution < -0.4 is 5.32 Å². The molecule has 3 heteroatoms. The van der Waals surface area contributed by atoms with Crippen LogP contribution in [0.2, 0.25) is 0 Å². The zero-order valence-corrected chi connectivity index (χ0v) is 10.3. The number of aromatic nitrogens is 2. The van der Waals surface area contributed by atoms with Crippen LogP contribution in [-0.4, -0.2) is 17.0 Å². The third-order valence-corrected chi connectivity index (χ3v) is 2.69. The third-order valence-electron chi connectivity index (χ3n) is 2.69. The Kier molecular flexibility index (Phi) is 3.83. The number of nitrogens with zero attached hydrogens (tertiary/aromatic N) is 2. The number of aryl methyl sites for hydroxylation is 1. The average molecular weight is 227 g/mol. The molecule has 0 radical (unpaired) electrons. The standard InChI is InChI=1S/C14H17N3/c1-3-11-4-6-12(7-5-11)14-16-9-8-13(17-14)10-15-2/h4-9,15H,3,10H2,1-2H3. The van der Waals surface area contributed by atoms with Crippen molar-refractivity contribution in [3.63, 3.8) is 0 Å². The van der Waals surface area contributed by atoms with Gasteiger partial charge in [-0.2, -0.15) is 0 Å². The molecular formula is C14H17N3. The van der Waals surface area contributed by atoms with E-state index in [-0.39, 0.29) is 0 Å². The topological polar surface area (TPSA) is 37.8 Å². The zero-order chi connectivity index (χ0) is 12.1. The highest BCUT2D eigenvalue weighted by Crippen LogP contribution is 2.15. The quantitative estimate of drug-likeness (QED) is 0.871. The molecule has 1 aromatic carbocycles. The largest absolute Gasteiger partial charge is 0.314 e. The lowest BCUT2D eigenvalue weighted by Crippen LogP contribution is -2.07. The maximum atomic E-state index is 4.51. The minimum Gasteiger partial charge on any atom is -0.314 e. The molecule has 2 rings (SSSR count). The van der Waals surface area contributed by atoms with Crippen molar-refractivity contribution in [2.24, 2.45) is 0 Å². The van der Waals surface area contributed by atoms with Crippen LogP contribution in [-0.2, 0) is 13.0 Å². The summed E-state index contributed by atoms with van der Waals surface area (Å²) in [5, 5.41) is 3.09. The van der Waals surface area contributed by atoms with E-state index in [2.05, 4.69) is 46.5 Å². The van der Waals surface area contributed by atoms with Gasteiger partial charge in [-0.3, -0.25) is 0 Å². The van der Waals surface area contributed by atoms with Gasteiger partial charge in [0.1, 0.15) is 0 Å². The zero-order valence-electron chi connectivity index (χ0n) is 10.3. The Labute approximate surface area is 102 Å². The van der Waals surface area contributed by atoms with E-state index < -0.39 is 0 Å². The summed E-state index contributed by atoms with van der Waals surface area (Å²) in [6, 6.07) is 10.3. The van der Waals surface area contributed by atoms with Crippen molar-refractivity contribution < 1.29 is 0 Å². The lowest BCUT2D eigenvalue weighted by atomic mass is 10.1. The Morgan fingerprint density at radius 1 is 1.12 bits per heavy atom. The molecular weight excluding hydrogens is 210 g/mol. The van der Waals surface area contributed by atoms with Gasteiger partial charge in [-0.1, -0.05) is 31.2 Å². The maximum Gasteiger partial charge on any atom is 0.159 e. The van der Waals surface area contributed by atoms with Crippen molar-refractivity contribution in [3.8, 4) is 11.4 Å².